The molecule has 0 radical (unpaired) electrons. The lowest BCUT2D eigenvalue weighted by Gasteiger charge is -2.23. The maximum atomic E-state index is 11.0. The maximum absolute atomic E-state index is 11.0. The first-order valence-corrected chi connectivity index (χ1v) is 6.79. The monoisotopic (exact) mass is 266 g/mol. The molecular formula is C10H22N2O4S. The summed E-state index contributed by atoms with van der Waals surface area (Å²) in [5.41, 5.74) is 0.566. The summed E-state index contributed by atoms with van der Waals surface area (Å²) >= 11 is 0. The third-order valence-electron chi connectivity index (χ3n) is 1.46. The second-order valence-corrected chi connectivity index (χ2v) is 6.16. The first-order valence-electron chi connectivity index (χ1n) is 4.98. The maximum Gasteiger partial charge on any atom is 0.246 e. The van der Waals surface area contributed by atoms with E-state index in [1.165, 1.54) is 0 Å². The Hall–Kier alpha value is -0.920. The zero-order chi connectivity index (χ0) is 14.3. The molecule has 0 saturated carbocycles. The summed E-state index contributed by atoms with van der Waals surface area (Å²) < 4.78 is 28.1. The van der Waals surface area contributed by atoms with Gasteiger partial charge in [0, 0.05) is 11.8 Å². The quantitative estimate of drug-likeness (QED) is 0.424. The van der Waals surface area contributed by atoms with Gasteiger partial charge < -0.3 is 14.4 Å². The number of hydrogen-bond acceptors (Lipinski definition) is 4. The highest BCUT2D eigenvalue weighted by Crippen LogP contribution is 1.88. The Kier molecular flexibility index (Phi) is 8.04. The number of likely N-dealkylation sites (N-methyl/N-ethyl adjacent to an activating group) is 1. The molecule has 0 rings (SSSR count). The molecule has 0 aromatic rings. The summed E-state index contributed by atoms with van der Waals surface area (Å²) in [5, 5.41) is 2.78. The molecule has 0 spiro atoms. The van der Waals surface area contributed by atoms with Gasteiger partial charge in [-0.3, -0.25) is 4.79 Å². The van der Waals surface area contributed by atoms with Crippen LogP contribution < -0.4 is 5.32 Å². The molecule has 6 nitrogen and oxygen atoms in total. The lowest BCUT2D eigenvalue weighted by molar-refractivity contribution is -0.869. The second-order valence-electron chi connectivity index (χ2n) is 4.75. The molecule has 0 aliphatic heterocycles. The van der Waals surface area contributed by atoms with Crippen molar-refractivity contribution in [3.63, 3.8) is 0 Å². The lowest BCUT2D eigenvalue weighted by atomic mass is 10.3. The van der Waals surface area contributed by atoms with Crippen molar-refractivity contribution in [3.8, 4) is 0 Å². The van der Waals surface area contributed by atoms with Gasteiger partial charge in [0.1, 0.15) is 0 Å². The van der Waals surface area contributed by atoms with Gasteiger partial charge in [-0.1, -0.05) is 6.58 Å². The van der Waals surface area contributed by atoms with Crippen LogP contribution in [-0.4, -0.2) is 63.8 Å². The summed E-state index contributed by atoms with van der Waals surface area (Å²) in [6, 6.07) is 0. The van der Waals surface area contributed by atoms with Crippen LogP contribution in [0.3, 0.4) is 0 Å². The molecule has 0 bridgehead atoms. The minimum Gasteiger partial charge on any atom is -0.748 e. The number of nitrogens with one attached hydrogen (secondary N) is 1. The van der Waals surface area contributed by atoms with Crippen molar-refractivity contribution in [1.29, 1.82) is 0 Å². The Morgan fingerprint density at radius 3 is 1.94 bits per heavy atom. The Morgan fingerprint density at radius 1 is 1.35 bits per heavy atom. The molecule has 0 aromatic heterocycles. The highest BCUT2D eigenvalue weighted by molar-refractivity contribution is 7.84. The van der Waals surface area contributed by atoms with Crippen molar-refractivity contribution in [2.45, 2.75) is 6.92 Å². The first-order chi connectivity index (χ1) is 7.33. The highest BCUT2D eigenvalue weighted by Gasteiger charge is 2.07. The van der Waals surface area contributed by atoms with Gasteiger partial charge in [-0.25, -0.2) is 8.42 Å². The molecular weight excluding hydrogens is 244 g/mol. The second kappa shape index (κ2) is 7.41. The van der Waals surface area contributed by atoms with E-state index in [2.05, 4.69) is 33.0 Å². The molecule has 0 aliphatic rings. The van der Waals surface area contributed by atoms with Gasteiger partial charge >= 0.3 is 0 Å². The normalized spacial score (nSPS) is 11.2. The van der Waals surface area contributed by atoms with Gasteiger partial charge in [0.15, 0.2) is 0 Å². The van der Waals surface area contributed by atoms with Gasteiger partial charge in [0.05, 0.1) is 44.4 Å². The molecule has 0 fully saturated rings. The van der Waals surface area contributed by atoms with E-state index in [-0.39, 0.29) is 5.91 Å². The minimum atomic E-state index is -3.92. The van der Waals surface area contributed by atoms with E-state index in [9.17, 15) is 4.79 Å². The van der Waals surface area contributed by atoms with E-state index in [1.54, 1.807) is 6.92 Å². The fraction of sp³-hybridized carbons (Fsp3) is 0.700. The molecule has 1 N–H and O–H groups in total. The Morgan fingerprint density at radius 2 is 1.71 bits per heavy atom. The fourth-order valence-electron chi connectivity index (χ4n) is 0.656. The Balaban J connectivity index is 0. The largest absolute Gasteiger partial charge is 0.748 e. The number of hydrogen-bond donors (Lipinski definition) is 1. The molecule has 0 heterocycles. The van der Waals surface area contributed by atoms with Crippen LogP contribution in [0.1, 0.15) is 6.92 Å². The van der Waals surface area contributed by atoms with E-state index in [1.807, 2.05) is 0 Å². The van der Waals surface area contributed by atoms with Crippen LogP contribution in [0.4, 0.5) is 0 Å². The van der Waals surface area contributed by atoms with Crippen LogP contribution >= 0.6 is 0 Å². The predicted octanol–water partition coefficient (Wildman–Crippen LogP) is -0.454. The molecule has 1 amide bonds. The molecule has 0 saturated heterocycles. The van der Waals surface area contributed by atoms with Crippen molar-refractivity contribution < 1.29 is 22.2 Å². The van der Waals surface area contributed by atoms with Crippen LogP contribution in [0, 0.1) is 0 Å². The number of quaternary nitrogens is 1. The Bertz CT molecular complexity index is 347. The average Bonchev–Trinajstić information content (AvgIpc) is 1.97. The smallest absolute Gasteiger partial charge is 0.246 e. The zero-order valence-electron chi connectivity index (χ0n) is 11.1. The average molecular weight is 266 g/mol. The van der Waals surface area contributed by atoms with Crippen molar-refractivity contribution >= 4 is 16.0 Å². The summed E-state index contributed by atoms with van der Waals surface area (Å²) in [7, 11) is 2.35. The van der Waals surface area contributed by atoms with Gasteiger partial charge in [0.25, 0.3) is 0 Å². The number of amides is 1. The van der Waals surface area contributed by atoms with Crippen molar-refractivity contribution in [3.05, 3.63) is 12.2 Å². The van der Waals surface area contributed by atoms with Crippen molar-refractivity contribution in [2.75, 3.05) is 40.5 Å². The van der Waals surface area contributed by atoms with E-state index in [0.29, 0.717) is 18.4 Å². The predicted molar refractivity (Wildman–Crippen MR) is 66.3 cm³/mol. The van der Waals surface area contributed by atoms with Crippen LogP contribution in [-0.2, 0) is 14.9 Å². The molecule has 102 valence electrons. The number of carbonyl (C=O) groups is 1. The molecule has 0 aliphatic carbocycles. The molecule has 17 heavy (non-hydrogen) atoms. The van der Waals surface area contributed by atoms with Gasteiger partial charge in [-0.05, 0) is 6.92 Å². The van der Waals surface area contributed by atoms with E-state index >= 15 is 0 Å². The lowest BCUT2D eigenvalue weighted by Crippen LogP contribution is -2.41. The highest BCUT2D eigenvalue weighted by atomic mass is 32.2. The van der Waals surface area contributed by atoms with Gasteiger partial charge in [0.2, 0.25) is 5.91 Å². The standard InChI is InChI=1S/C9H18N2O.CH4O3S/c1-8(2)9(12)10-6-7-11(3,4)5;1-5(2,3)4/h1,6-7H2,2-5H3;1H3,(H,2,3,4). The summed E-state index contributed by atoms with van der Waals surface area (Å²) in [5.74, 6) is -0.0524. The molecule has 0 atom stereocenters. The van der Waals surface area contributed by atoms with Crippen LogP contribution in [0.25, 0.3) is 0 Å². The van der Waals surface area contributed by atoms with Crippen LogP contribution in [0.2, 0.25) is 0 Å². The minimum absolute atomic E-state index is 0.0524. The van der Waals surface area contributed by atoms with Crippen molar-refractivity contribution in [2.24, 2.45) is 0 Å². The summed E-state index contributed by atoms with van der Waals surface area (Å²) in [6.07, 6.45) is 0.604. The van der Waals surface area contributed by atoms with Crippen molar-refractivity contribution in [1.82, 2.24) is 5.32 Å². The zero-order valence-corrected chi connectivity index (χ0v) is 11.9. The topological polar surface area (TPSA) is 86.3 Å². The number of nitrogens with zero attached hydrogens (tertiary/aromatic N) is 1. The summed E-state index contributed by atoms with van der Waals surface area (Å²) in [6.45, 7) is 6.90. The first kappa shape index (κ1) is 18.4. The SMILES string of the molecule is C=C(C)C(=O)NCC[N+](C)(C)C.CS(=O)(=O)[O-]. The Labute approximate surface area is 104 Å². The van der Waals surface area contributed by atoms with E-state index in [4.69, 9.17) is 13.0 Å². The van der Waals surface area contributed by atoms with E-state index in [0.717, 1.165) is 11.0 Å². The third-order valence-corrected chi connectivity index (χ3v) is 1.46. The number of rotatable bonds is 4. The van der Waals surface area contributed by atoms with Gasteiger partial charge in [-0.2, -0.15) is 0 Å². The summed E-state index contributed by atoms with van der Waals surface area (Å²) in [4.78, 5) is 11.0. The third kappa shape index (κ3) is 25.4. The van der Waals surface area contributed by atoms with Crippen LogP contribution in [0.5, 0.6) is 0 Å². The molecule has 7 heteroatoms. The van der Waals surface area contributed by atoms with E-state index < -0.39 is 10.1 Å². The number of carbonyl (C=O) groups excluding carboxylic acids is 1. The molecule has 0 aromatic carbocycles. The molecule has 0 unspecified atom stereocenters. The van der Waals surface area contributed by atoms with Crippen LogP contribution in [0.15, 0.2) is 12.2 Å². The van der Waals surface area contributed by atoms with Gasteiger partial charge in [-0.15, -0.1) is 0 Å². The fourth-order valence-corrected chi connectivity index (χ4v) is 0.656.